The van der Waals surface area contributed by atoms with Gasteiger partial charge in [0.1, 0.15) is 5.69 Å². The summed E-state index contributed by atoms with van der Waals surface area (Å²) in [6.45, 7) is 1.81. The fourth-order valence-corrected chi connectivity index (χ4v) is 3.69. The van der Waals surface area contributed by atoms with E-state index < -0.39 is 11.9 Å². The molecule has 0 saturated heterocycles. The Labute approximate surface area is 169 Å². The lowest BCUT2D eigenvalue weighted by Crippen LogP contribution is -2.27. The van der Waals surface area contributed by atoms with E-state index in [0.717, 1.165) is 29.1 Å². The SMILES string of the molecule is Cc1cc(Cl)ccc1C(=O)N[C@@H]1CCc2nn(-c3ccnc(C(F)(F)F)c3)cc21. The van der Waals surface area contributed by atoms with Crippen molar-refractivity contribution in [1.82, 2.24) is 20.1 Å². The van der Waals surface area contributed by atoms with Gasteiger partial charge in [0.25, 0.3) is 5.91 Å². The molecule has 0 saturated carbocycles. The molecule has 5 nitrogen and oxygen atoms in total. The van der Waals surface area contributed by atoms with Crippen LogP contribution in [0.1, 0.15) is 45.3 Å². The fourth-order valence-electron chi connectivity index (χ4n) is 3.46. The van der Waals surface area contributed by atoms with Crippen LogP contribution in [0.15, 0.2) is 42.7 Å². The zero-order valence-electron chi connectivity index (χ0n) is 15.3. The molecule has 1 aromatic carbocycles. The molecule has 2 aromatic heterocycles. The van der Waals surface area contributed by atoms with Crippen LogP contribution in [-0.2, 0) is 12.6 Å². The van der Waals surface area contributed by atoms with Crippen LogP contribution < -0.4 is 5.32 Å². The number of benzene rings is 1. The number of hydrogen-bond donors (Lipinski definition) is 1. The smallest absolute Gasteiger partial charge is 0.345 e. The molecule has 1 aliphatic rings. The number of rotatable bonds is 3. The van der Waals surface area contributed by atoms with Crippen molar-refractivity contribution in [3.8, 4) is 5.69 Å². The molecule has 1 amide bonds. The highest BCUT2D eigenvalue weighted by Crippen LogP contribution is 2.33. The normalized spacial score (nSPS) is 16.0. The van der Waals surface area contributed by atoms with Crippen LogP contribution in [-0.4, -0.2) is 20.7 Å². The Balaban J connectivity index is 1.57. The van der Waals surface area contributed by atoms with Crippen molar-refractivity contribution in [1.29, 1.82) is 0 Å². The number of fused-ring (bicyclic) bond motifs is 1. The van der Waals surface area contributed by atoms with Crippen LogP contribution in [0, 0.1) is 6.92 Å². The Morgan fingerprint density at radius 3 is 2.79 bits per heavy atom. The minimum absolute atomic E-state index is 0.229. The number of carbonyl (C=O) groups is 1. The Morgan fingerprint density at radius 2 is 2.07 bits per heavy atom. The maximum Gasteiger partial charge on any atom is 0.433 e. The third-order valence-corrected chi connectivity index (χ3v) is 5.14. The number of nitrogens with zero attached hydrogens (tertiary/aromatic N) is 3. The summed E-state index contributed by atoms with van der Waals surface area (Å²) in [4.78, 5) is 16.0. The summed E-state index contributed by atoms with van der Waals surface area (Å²) in [5.74, 6) is -0.229. The van der Waals surface area contributed by atoms with Crippen molar-refractivity contribution in [2.24, 2.45) is 0 Å². The van der Waals surface area contributed by atoms with Crippen molar-refractivity contribution >= 4 is 17.5 Å². The molecule has 4 rings (SSSR count). The van der Waals surface area contributed by atoms with Gasteiger partial charge in [0.2, 0.25) is 0 Å². The molecule has 1 N–H and O–H groups in total. The van der Waals surface area contributed by atoms with E-state index in [1.807, 2.05) is 0 Å². The largest absolute Gasteiger partial charge is 0.433 e. The number of aryl methyl sites for hydroxylation is 2. The highest BCUT2D eigenvalue weighted by atomic mass is 35.5. The molecule has 0 spiro atoms. The lowest BCUT2D eigenvalue weighted by Gasteiger charge is -2.14. The summed E-state index contributed by atoms with van der Waals surface area (Å²) in [7, 11) is 0. The van der Waals surface area contributed by atoms with Gasteiger partial charge in [-0.2, -0.15) is 18.3 Å². The maximum atomic E-state index is 12.9. The highest BCUT2D eigenvalue weighted by Gasteiger charge is 2.33. The highest BCUT2D eigenvalue weighted by molar-refractivity contribution is 6.30. The molecule has 3 aromatic rings. The molecule has 0 fully saturated rings. The number of alkyl halides is 3. The molecular weight excluding hydrogens is 405 g/mol. The van der Waals surface area contributed by atoms with Gasteiger partial charge < -0.3 is 5.32 Å². The van der Waals surface area contributed by atoms with Crippen LogP contribution >= 0.6 is 11.6 Å². The number of aromatic nitrogens is 3. The zero-order chi connectivity index (χ0) is 20.8. The molecule has 1 aliphatic carbocycles. The van der Waals surface area contributed by atoms with Gasteiger partial charge in [0, 0.05) is 28.5 Å². The summed E-state index contributed by atoms with van der Waals surface area (Å²) in [5.41, 5.74) is 2.14. The third-order valence-electron chi connectivity index (χ3n) is 4.91. The van der Waals surface area contributed by atoms with Gasteiger partial charge in [-0.15, -0.1) is 0 Å². The number of hydrogen-bond acceptors (Lipinski definition) is 3. The standard InChI is InChI=1S/C20H16ClF3N4O/c1-11-8-12(21)2-3-14(11)19(29)26-16-4-5-17-15(16)10-28(27-17)13-6-7-25-18(9-13)20(22,23)24/h2-3,6-10,16H,4-5H2,1H3,(H,26,29)/t16-/m1/s1. The van der Waals surface area contributed by atoms with Crippen LogP contribution in [0.25, 0.3) is 5.69 Å². The summed E-state index contributed by atoms with van der Waals surface area (Å²) >= 11 is 5.94. The van der Waals surface area contributed by atoms with Gasteiger partial charge in [0.15, 0.2) is 0 Å². The van der Waals surface area contributed by atoms with Crippen LogP contribution in [0.2, 0.25) is 5.02 Å². The van der Waals surface area contributed by atoms with Gasteiger partial charge in [0.05, 0.1) is 17.4 Å². The second kappa shape index (κ2) is 7.18. The van der Waals surface area contributed by atoms with Gasteiger partial charge in [-0.1, -0.05) is 11.6 Å². The van der Waals surface area contributed by atoms with Gasteiger partial charge in [-0.25, -0.2) is 4.68 Å². The first-order chi connectivity index (χ1) is 13.7. The number of halogens is 4. The van der Waals surface area contributed by atoms with Crippen molar-refractivity contribution < 1.29 is 18.0 Å². The Kier molecular flexibility index (Phi) is 4.82. The quantitative estimate of drug-likeness (QED) is 0.670. The first-order valence-electron chi connectivity index (χ1n) is 8.91. The molecule has 29 heavy (non-hydrogen) atoms. The summed E-state index contributed by atoms with van der Waals surface area (Å²) in [6.07, 6.45) is -0.449. The van der Waals surface area contributed by atoms with Crippen molar-refractivity contribution in [2.45, 2.75) is 32.0 Å². The van der Waals surface area contributed by atoms with Crippen molar-refractivity contribution in [3.05, 3.63) is 75.8 Å². The minimum atomic E-state index is -4.53. The van der Waals surface area contributed by atoms with Gasteiger partial charge >= 0.3 is 6.18 Å². The Hall–Kier alpha value is -2.87. The number of pyridine rings is 1. The monoisotopic (exact) mass is 420 g/mol. The van der Waals surface area contributed by atoms with E-state index in [9.17, 15) is 18.0 Å². The average molecular weight is 421 g/mol. The van der Waals surface area contributed by atoms with Gasteiger partial charge in [-0.05, 0) is 55.7 Å². The minimum Gasteiger partial charge on any atom is -0.345 e. The number of nitrogens with one attached hydrogen (secondary N) is 1. The lowest BCUT2D eigenvalue weighted by molar-refractivity contribution is -0.141. The summed E-state index contributed by atoms with van der Waals surface area (Å²) in [6, 6.07) is 7.20. The van der Waals surface area contributed by atoms with Crippen molar-refractivity contribution in [3.63, 3.8) is 0 Å². The first kappa shape index (κ1) is 19.4. The fraction of sp³-hybridized carbons (Fsp3) is 0.250. The molecule has 150 valence electrons. The first-order valence-corrected chi connectivity index (χ1v) is 9.29. The molecule has 0 aliphatic heterocycles. The molecule has 9 heteroatoms. The number of carbonyl (C=O) groups excluding carboxylic acids is 1. The second-order valence-corrected chi connectivity index (χ2v) is 7.33. The van der Waals surface area contributed by atoms with E-state index in [2.05, 4.69) is 15.4 Å². The van der Waals surface area contributed by atoms with Crippen LogP contribution in [0.4, 0.5) is 13.2 Å². The van der Waals surface area contributed by atoms with Crippen LogP contribution in [0.3, 0.4) is 0 Å². The van der Waals surface area contributed by atoms with E-state index in [4.69, 9.17) is 11.6 Å². The van der Waals surface area contributed by atoms with E-state index in [1.165, 1.54) is 10.7 Å². The molecule has 1 atom stereocenters. The van der Waals surface area contributed by atoms with Gasteiger partial charge in [-0.3, -0.25) is 9.78 Å². The van der Waals surface area contributed by atoms with E-state index in [0.29, 0.717) is 23.4 Å². The van der Waals surface area contributed by atoms with E-state index >= 15 is 0 Å². The molecular formula is C20H16ClF3N4O. The zero-order valence-corrected chi connectivity index (χ0v) is 16.1. The predicted molar refractivity (Wildman–Crippen MR) is 101 cm³/mol. The third kappa shape index (κ3) is 3.85. The molecule has 0 radical (unpaired) electrons. The average Bonchev–Trinajstić information content (AvgIpc) is 3.23. The second-order valence-electron chi connectivity index (χ2n) is 6.90. The van der Waals surface area contributed by atoms with Crippen molar-refractivity contribution in [2.75, 3.05) is 0 Å². The lowest BCUT2D eigenvalue weighted by atomic mass is 10.1. The Bertz CT molecular complexity index is 1090. The predicted octanol–water partition coefficient (Wildman–Crippen LogP) is 4.67. The van der Waals surface area contributed by atoms with Crippen LogP contribution in [0.5, 0.6) is 0 Å². The molecule has 0 bridgehead atoms. The van der Waals surface area contributed by atoms with E-state index in [1.54, 1.807) is 31.3 Å². The number of amides is 1. The summed E-state index contributed by atoms with van der Waals surface area (Å²) in [5, 5.41) is 7.94. The Morgan fingerprint density at radius 1 is 1.28 bits per heavy atom. The summed E-state index contributed by atoms with van der Waals surface area (Å²) < 4.78 is 40.2. The van der Waals surface area contributed by atoms with E-state index in [-0.39, 0.29) is 17.6 Å². The molecule has 0 unspecified atom stereocenters. The topological polar surface area (TPSA) is 59.8 Å². The maximum absolute atomic E-state index is 12.9. The molecule has 2 heterocycles.